The van der Waals surface area contributed by atoms with Gasteiger partial charge in [0.2, 0.25) is 11.8 Å². The maximum absolute atomic E-state index is 13.3. The Hall–Kier alpha value is -2.89. The number of halogens is 1. The van der Waals surface area contributed by atoms with E-state index in [1.54, 1.807) is 19.2 Å². The molecule has 0 spiro atoms. The first-order valence-electron chi connectivity index (χ1n) is 8.53. The summed E-state index contributed by atoms with van der Waals surface area (Å²) in [5, 5.41) is 2.90. The van der Waals surface area contributed by atoms with E-state index in [0.29, 0.717) is 25.1 Å². The van der Waals surface area contributed by atoms with Gasteiger partial charge >= 0.3 is 0 Å². The average molecular weight is 356 g/mol. The molecule has 1 aliphatic rings. The lowest BCUT2D eigenvalue weighted by Gasteiger charge is -2.17. The van der Waals surface area contributed by atoms with Crippen LogP contribution >= 0.6 is 0 Å². The van der Waals surface area contributed by atoms with E-state index in [-0.39, 0.29) is 30.1 Å². The maximum atomic E-state index is 13.3. The average Bonchev–Trinajstić information content (AvgIpc) is 3.00. The lowest BCUT2D eigenvalue weighted by Crippen LogP contribution is -2.37. The van der Waals surface area contributed by atoms with Crippen molar-refractivity contribution in [2.75, 3.05) is 18.6 Å². The highest BCUT2D eigenvalue weighted by molar-refractivity contribution is 5.96. The molecule has 1 fully saturated rings. The minimum atomic E-state index is -0.387. The number of amides is 2. The van der Waals surface area contributed by atoms with E-state index in [9.17, 15) is 14.0 Å². The van der Waals surface area contributed by atoms with Gasteiger partial charge in [-0.05, 0) is 42.3 Å². The monoisotopic (exact) mass is 356 g/mol. The third kappa shape index (κ3) is 4.39. The fourth-order valence-corrected chi connectivity index (χ4v) is 3.05. The Balaban J connectivity index is 1.51. The minimum Gasteiger partial charge on any atom is -0.497 e. The summed E-state index contributed by atoms with van der Waals surface area (Å²) in [5.41, 5.74) is 1.56. The number of methoxy groups -OCH3 is 1. The van der Waals surface area contributed by atoms with Crippen molar-refractivity contribution in [3.63, 3.8) is 0 Å². The molecule has 0 aliphatic carbocycles. The predicted octanol–water partition coefficient (Wildman–Crippen LogP) is 2.69. The summed E-state index contributed by atoms with van der Waals surface area (Å²) in [5.74, 6) is 0.179. The second-order valence-electron chi connectivity index (χ2n) is 6.30. The van der Waals surface area contributed by atoms with Crippen molar-refractivity contribution in [3.05, 3.63) is 59.9 Å². The number of anilines is 1. The summed E-state index contributed by atoms with van der Waals surface area (Å²) in [6.07, 6.45) is 1.19. The number of rotatable bonds is 6. The van der Waals surface area contributed by atoms with Gasteiger partial charge in [0.1, 0.15) is 11.6 Å². The second-order valence-corrected chi connectivity index (χ2v) is 6.30. The molecule has 1 saturated heterocycles. The number of ether oxygens (including phenoxy) is 1. The number of hydrogen-bond acceptors (Lipinski definition) is 3. The zero-order chi connectivity index (χ0) is 18.5. The number of carbonyl (C=O) groups excluding carboxylic acids is 2. The molecule has 136 valence electrons. The summed E-state index contributed by atoms with van der Waals surface area (Å²) in [4.78, 5) is 25.8. The summed E-state index contributed by atoms with van der Waals surface area (Å²) in [6.45, 7) is 0.358. The van der Waals surface area contributed by atoms with Crippen molar-refractivity contribution < 1.29 is 18.7 Å². The fraction of sp³-hybridized carbons (Fsp3) is 0.300. The van der Waals surface area contributed by atoms with Crippen LogP contribution in [0.4, 0.5) is 10.1 Å². The molecule has 1 aliphatic heterocycles. The Morgan fingerprint density at radius 2 is 2.04 bits per heavy atom. The van der Waals surface area contributed by atoms with Crippen LogP contribution in [0.15, 0.2) is 48.5 Å². The quantitative estimate of drug-likeness (QED) is 0.866. The molecule has 1 heterocycles. The smallest absolute Gasteiger partial charge is 0.229 e. The Kier molecular flexibility index (Phi) is 5.51. The first-order chi connectivity index (χ1) is 12.5. The first kappa shape index (κ1) is 17.9. The first-order valence-corrected chi connectivity index (χ1v) is 8.53. The molecule has 0 aromatic heterocycles. The molecule has 1 unspecified atom stereocenters. The van der Waals surface area contributed by atoms with E-state index in [2.05, 4.69) is 5.32 Å². The molecule has 2 aromatic rings. The van der Waals surface area contributed by atoms with E-state index in [1.165, 1.54) is 17.0 Å². The Morgan fingerprint density at radius 3 is 2.73 bits per heavy atom. The molecule has 0 bridgehead atoms. The van der Waals surface area contributed by atoms with Gasteiger partial charge in [-0.25, -0.2) is 4.39 Å². The van der Waals surface area contributed by atoms with Gasteiger partial charge in [-0.1, -0.05) is 18.2 Å². The van der Waals surface area contributed by atoms with E-state index in [4.69, 9.17) is 4.74 Å². The maximum Gasteiger partial charge on any atom is 0.229 e. The highest BCUT2D eigenvalue weighted by Gasteiger charge is 2.31. The summed E-state index contributed by atoms with van der Waals surface area (Å²) < 4.78 is 18.5. The molecular formula is C20H21FN2O3. The molecule has 1 atom stereocenters. The van der Waals surface area contributed by atoms with Gasteiger partial charge in [-0.2, -0.15) is 0 Å². The van der Waals surface area contributed by atoms with Crippen molar-refractivity contribution in [1.82, 2.24) is 5.32 Å². The molecule has 1 N–H and O–H groups in total. The molecule has 3 rings (SSSR count). The van der Waals surface area contributed by atoms with Crippen molar-refractivity contribution in [2.45, 2.75) is 25.3 Å². The molecule has 2 aromatic carbocycles. The van der Waals surface area contributed by atoms with Gasteiger partial charge in [-0.3, -0.25) is 9.59 Å². The number of nitrogens with zero attached hydrogens (tertiary/aromatic N) is 1. The van der Waals surface area contributed by atoms with Crippen LogP contribution in [0.1, 0.15) is 18.4 Å². The Morgan fingerprint density at radius 1 is 1.27 bits per heavy atom. The van der Waals surface area contributed by atoms with Crippen LogP contribution in [0.2, 0.25) is 0 Å². The Labute approximate surface area is 151 Å². The van der Waals surface area contributed by atoms with E-state index in [0.717, 1.165) is 11.3 Å². The highest BCUT2D eigenvalue weighted by Crippen LogP contribution is 2.22. The van der Waals surface area contributed by atoms with Crippen molar-refractivity contribution in [1.29, 1.82) is 0 Å². The molecule has 26 heavy (non-hydrogen) atoms. The van der Waals surface area contributed by atoms with Crippen LogP contribution in [0, 0.1) is 5.82 Å². The van der Waals surface area contributed by atoms with Crippen LogP contribution in [-0.2, 0) is 16.0 Å². The van der Waals surface area contributed by atoms with Gasteiger partial charge in [-0.15, -0.1) is 0 Å². The molecule has 5 nitrogen and oxygen atoms in total. The topological polar surface area (TPSA) is 58.6 Å². The van der Waals surface area contributed by atoms with E-state index < -0.39 is 0 Å². The van der Waals surface area contributed by atoms with E-state index in [1.807, 2.05) is 24.3 Å². The van der Waals surface area contributed by atoms with Gasteiger partial charge in [0.15, 0.2) is 0 Å². The lowest BCUT2D eigenvalue weighted by molar-refractivity contribution is -0.121. The SMILES string of the molecule is COc1ccc(CCC(=O)NC2CC(=O)N(c3cccc(F)c3)C2)cc1. The van der Waals surface area contributed by atoms with E-state index >= 15 is 0 Å². The molecule has 2 amide bonds. The van der Waals surface area contributed by atoms with Crippen LogP contribution in [0.25, 0.3) is 0 Å². The standard InChI is InChI=1S/C20H21FN2O3/c1-26-18-8-5-14(6-9-18)7-10-19(24)22-16-12-20(25)23(13-16)17-4-2-3-15(21)11-17/h2-6,8-9,11,16H,7,10,12-13H2,1H3,(H,22,24). The molecule has 0 radical (unpaired) electrons. The third-order valence-electron chi connectivity index (χ3n) is 4.41. The largest absolute Gasteiger partial charge is 0.497 e. The van der Waals surface area contributed by atoms with Crippen LogP contribution in [0.3, 0.4) is 0 Å². The zero-order valence-electron chi connectivity index (χ0n) is 14.6. The zero-order valence-corrected chi connectivity index (χ0v) is 14.6. The van der Waals surface area contributed by atoms with Crippen LogP contribution < -0.4 is 15.0 Å². The molecule has 6 heteroatoms. The lowest BCUT2D eigenvalue weighted by atomic mass is 10.1. The second kappa shape index (κ2) is 7.99. The number of benzene rings is 2. The number of aryl methyl sites for hydroxylation is 1. The third-order valence-corrected chi connectivity index (χ3v) is 4.41. The number of hydrogen-bond donors (Lipinski definition) is 1. The summed E-state index contributed by atoms with van der Waals surface area (Å²) >= 11 is 0. The number of nitrogens with one attached hydrogen (secondary N) is 1. The van der Waals surface area contributed by atoms with Gasteiger partial charge in [0.05, 0.1) is 13.2 Å². The summed E-state index contributed by atoms with van der Waals surface area (Å²) in [7, 11) is 1.61. The molecule has 0 saturated carbocycles. The normalized spacial score (nSPS) is 16.6. The number of carbonyl (C=O) groups is 2. The van der Waals surface area contributed by atoms with Crippen molar-refractivity contribution >= 4 is 17.5 Å². The van der Waals surface area contributed by atoms with Crippen molar-refractivity contribution in [2.24, 2.45) is 0 Å². The molecular weight excluding hydrogens is 335 g/mol. The highest BCUT2D eigenvalue weighted by atomic mass is 19.1. The fourth-order valence-electron chi connectivity index (χ4n) is 3.05. The van der Waals surface area contributed by atoms with Crippen LogP contribution in [-0.4, -0.2) is 31.5 Å². The summed E-state index contributed by atoms with van der Waals surface area (Å²) in [6, 6.07) is 13.2. The van der Waals surface area contributed by atoms with Crippen molar-refractivity contribution in [3.8, 4) is 5.75 Å². The van der Waals surface area contributed by atoms with Crippen LogP contribution in [0.5, 0.6) is 5.75 Å². The Bertz CT molecular complexity index is 792. The van der Waals surface area contributed by atoms with Gasteiger partial charge < -0.3 is 15.0 Å². The predicted molar refractivity (Wildman–Crippen MR) is 96.6 cm³/mol. The minimum absolute atomic E-state index is 0.0975. The van der Waals surface area contributed by atoms with Gasteiger partial charge in [0, 0.05) is 25.1 Å². The van der Waals surface area contributed by atoms with Gasteiger partial charge in [0.25, 0.3) is 0 Å².